The molecule has 0 saturated carbocycles. The van der Waals surface area contributed by atoms with Crippen LogP contribution in [-0.4, -0.2) is 14.5 Å². The molecule has 0 aromatic carbocycles. The van der Waals surface area contributed by atoms with Crippen LogP contribution in [0.2, 0.25) is 5.15 Å². The maximum atomic E-state index is 11.6. The molecular weight excluding hydrogens is 230 g/mol. The first kappa shape index (κ1) is 10.6. The molecule has 0 unspecified atom stereocenters. The van der Waals surface area contributed by atoms with E-state index in [0.717, 1.165) is 10.6 Å². The number of aromatic amines is 1. The Labute approximate surface area is 95.3 Å². The van der Waals surface area contributed by atoms with Crippen molar-refractivity contribution in [2.24, 2.45) is 0 Å². The molecule has 0 atom stereocenters. The summed E-state index contributed by atoms with van der Waals surface area (Å²) in [6.45, 7) is 1.72. The highest BCUT2D eigenvalue weighted by molar-refractivity contribution is 6.29. The Bertz CT molecular complexity index is 614. The first-order valence-corrected chi connectivity index (χ1v) is 4.91. The third-order valence-corrected chi connectivity index (χ3v) is 2.32. The lowest BCUT2D eigenvalue weighted by atomic mass is 10.3. The molecule has 2 aromatic rings. The van der Waals surface area contributed by atoms with Crippen molar-refractivity contribution in [1.82, 2.24) is 14.5 Å². The van der Waals surface area contributed by atoms with E-state index in [1.165, 1.54) is 0 Å². The van der Waals surface area contributed by atoms with Crippen LogP contribution in [0.5, 0.6) is 0 Å². The zero-order valence-electron chi connectivity index (χ0n) is 8.40. The average molecular weight is 238 g/mol. The second kappa shape index (κ2) is 3.94. The topological polar surface area (TPSA) is 67.8 Å². The van der Waals surface area contributed by atoms with Crippen LogP contribution in [0.25, 0.3) is 5.69 Å². The Morgan fingerprint density at radius 3 is 2.81 bits per heavy atom. The van der Waals surface area contributed by atoms with Crippen LogP contribution < -0.4 is 11.2 Å². The van der Waals surface area contributed by atoms with E-state index in [-0.39, 0.29) is 5.15 Å². The zero-order valence-corrected chi connectivity index (χ0v) is 9.15. The summed E-state index contributed by atoms with van der Waals surface area (Å²) >= 11 is 5.56. The van der Waals surface area contributed by atoms with Crippen molar-refractivity contribution in [2.75, 3.05) is 0 Å². The monoisotopic (exact) mass is 237 g/mol. The summed E-state index contributed by atoms with van der Waals surface area (Å²) in [6, 6.07) is 4.45. The number of nitrogens with zero attached hydrogens (tertiary/aromatic N) is 2. The number of nitrogens with one attached hydrogen (secondary N) is 1. The minimum absolute atomic E-state index is 0.0211. The van der Waals surface area contributed by atoms with E-state index < -0.39 is 11.2 Å². The molecule has 0 aliphatic rings. The molecule has 16 heavy (non-hydrogen) atoms. The minimum atomic E-state index is -0.575. The second-order valence-electron chi connectivity index (χ2n) is 3.20. The molecule has 0 aliphatic carbocycles. The van der Waals surface area contributed by atoms with Gasteiger partial charge in [-0.25, -0.2) is 9.36 Å². The van der Waals surface area contributed by atoms with Crippen LogP contribution in [0.15, 0.2) is 34.0 Å². The van der Waals surface area contributed by atoms with Gasteiger partial charge in [0.1, 0.15) is 5.15 Å². The Kier molecular flexibility index (Phi) is 2.62. The van der Waals surface area contributed by atoms with E-state index in [4.69, 9.17) is 11.6 Å². The van der Waals surface area contributed by atoms with Gasteiger partial charge in [-0.05, 0) is 19.1 Å². The third-order valence-electron chi connectivity index (χ3n) is 2.12. The molecule has 2 heterocycles. The molecule has 0 fully saturated rings. The van der Waals surface area contributed by atoms with Gasteiger partial charge in [0.05, 0.1) is 11.4 Å². The largest absolute Gasteiger partial charge is 0.334 e. The average Bonchev–Trinajstić information content (AvgIpc) is 2.19. The highest BCUT2D eigenvalue weighted by Crippen LogP contribution is 2.06. The first-order chi connectivity index (χ1) is 7.59. The lowest BCUT2D eigenvalue weighted by Gasteiger charge is -2.06. The lowest BCUT2D eigenvalue weighted by Crippen LogP contribution is -2.33. The summed E-state index contributed by atoms with van der Waals surface area (Å²) in [5, 5.41) is 0.0211. The van der Waals surface area contributed by atoms with Gasteiger partial charge < -0.3 is 0 Å². The van der Waals surface area contributed by atoms with Gasteiger partial charge >= 0.3 is 5.69 Å². The van der Waals surface area contributed by atoms with E-state index in [0.29, 0.717) is 11.4 Å². The van der Waals surface area contributed by atoms with Crippen LogP contribution in [0.4, 0.5) is 0 Å². The van der Waals surface area contributed by atoms with Crippen LogP contribution in [0.3, 0.4) is 0 Å². The van der Waals surface area contributed by atoms with E-state index in [1.807, 2.05) is 0 Å². The molecule has 1 N–H and O–H groups in total. The van der Waals surface area contributed by atoms with Gasteiger partial charge in [-0.15, -0.1) is 0 Å². The van der Waals surface area contributed by atoms with E-state index in [2.05, 4.69) is 9.97 Å². The smallest absolute Gasteiger partial charge is 0.297 e. The van der Waals surface area contributed by atoms with Crippen molar-refractivity contribution >= 4 is 11.6 Å². The molecule has 6 heteroatoms. The van der Waals surface area contributed by atoms with Gasteiger partial charge in [-0.3, -0.25) is 14.8 Å². The first-order valence-electron chi connectivity index (χ1n) is 4.53. The number of hydrogen-bond acceptors (Lipinski definition) is 3. The molecule has 0 bridgehead atoms. The third kappa shape index (κ3) is 1.77. The number of H-pyrrole nitrogens is 1. The fourth-order valence-electron chi connectivity index (χ4n) is 1.41. The maximum absolute atomic E-state index is 11.6. The number of aromatic nitrogens is 3. The number of hydrogen-bond donors (Lipinski definition) is 1. The molecule has 0 saturated heterocycles. The zero-order chi connectivity index (χ0) is 11.7. The summed E-state index contributed by atoms with van der Waals surface area (Å²) in [4.78, 5) is 29.6. The van der Waals surface area contributed by atoms with Crippen molar-refractivity contribution in [3.8, 4) is 5.69 Å². The van der Waals surface area contributed by atoms with Crippen molar-refractivity contribution in [3.63, 3.8) is 0 Å². The quantitative estimate of drug-likeness (QED) is 0.749. The highest BCUT2D eigenvalue weighted by atomic mass is 35.5. The van der Waals surface area contributed by atoms with Gasteiger partial charge in [-0.2, -0.15) is 0 Å². The summed E-state index contributed by atoms with van der Waals surface area (Å²) < 4.78 is 0.994. The molecule has 0 radical (unpaired) electrons. The summed E-state index contributed by atoms with van der Waals surface area (Å²) in [5.41, 5.74) is -0.0127. The van der Waals surface area contributed by atoms with E-state index >= 15 is 0 Å². The van der Waals surface area contributed by atoms with Crippen molar-refractivity contribution in [2.45, 2.75) is 6.92 Å². The van der Waals surface area contributed by atoms with Gasteiger partial charge in [0, 0.05) is 12.3 Å². The fourth-order valence-corrected chi connectivity index (χ4v) is 1.58. The normalized spacial score (nSPS) is 10.4. The second-order valence-corrected chi connectivity index (χ2v) is 3.61. The number of halogens is 1. The summed E-state index contributed by atoms with van der Waals surface area (Å²) in [7, 11) is 0. The molecule has 0 spiro atoms. The molecule has 5 nitrogen and oxygen atoms in total. The molecule has 2 rings (SSSR count). The van der Waals surface area contributed by atoms with E-state index in [1.54, 1.807) is 25.3 Å². The van der Waals surface area contributed by atoms with Gasteiger partial charge in [0.15, 0.2) is 0 Å². The number of rotatable bonds is 1. The van der Waals surface area contributed by atoms with Gasteiger partial charge in [-0.1, -0.05) is 11.6 Å². The summed E-state index contributed by atoms with van der Waals surface area (Å²) in [5.74, 6) is 0. The molecule has 0 aliphatic heterocycles. The van der Waals surface area contributed by atoms with Crippen LogP contribution in [0, 0.1) is 6.92 Å². The molecule has 2 aromatic heterocycles. The molecule has 0 amide bonds. The van der Waals surface area contributed by atoms with Crippen molar-refractivity contribution < 1.29 is 0 Å². The Balaban J connectivity index is 2.81. The number of aryl methyl sites for hydroxylation is 1. The maximum Gasteiger partial charge on any atom is 0.334 e. The van der Waals surface area contributed by atoms with Crippen LogP contribution >= 0.6 is 11.6 Å². The predicted octanol–water partition coefficient (Wildman–Crippen LogP) is 0.883. The highest BCUT2D eigenvalue weighted by Gasteiger charge is 2.08. The van der Waals surface area contributed by atoms with Gasteiger partial charge in [0.25, 0.3) is 5.56 Å². The Morgan fingerprint density at radius 1 is 1.44 bits per heavy atom. The Morgan fingerprint density at radius 2 is 2.19 bits per heavy atom. The van der Waals surface area contributed by atoms with Crippen molar-refractivity contribution in [3.05, 3.63) is 56.1 Å². The number of pyridine rings is 1. The fraction of sp³-hybridized carbons (Fsp3) is 0.100. The standard InChI is InChI=1S/C10H8ClN3O2/c1-6-7(3-2-4-12-6)14-9(15)5-8(11)13-10(14)16/h2-5H,1H3,(H,13,16). The summed E-state index contributed by atoms with van der Waals surface area (Å²) in [6.07, 6.45) is 1.59. The van der Waals surface area contributed by atoms with Crippen LogP contribution in [-0.2, 0) is 0 Å². The van der Waals surface area contributed by atoms with Gasteiger partial charge in [0.2, 0.25) is 0 Å². The minimum Gasteiger partial charge on any atom is -0.297 e. The molecule has 82 valence electrons. The SMILES string of the molecule is Cc1ncccc1-n1c(=O)cc(Cl)[nH]c1=O. The van der Waals surface area contributed by atoms with Crippen LogP contribution in [0.1, 0.15) is 5.69 Å². The lowest BCUT2D eigenvalue weighted by molar-refractivity contribution is 0.860. The molecular formula is C10H8ClN3O2. The van der Waals surface area contributed by atoms with Crippen molar-refractivity contribution in [1.29, 1.82) is 0 Å². The Hall–Kier alpha value is -1.88. The predicted molar refractivity (Wildman–Crippen MR) is 60.2 cm³/mol. The van der Waals surface area contributed by atoms with E-state index in [9.17, 15) is 9.59 Å².